The Hall–Kier alpha value is -2.54. The van der Waals surface area contributed by atoms with Crippen LogP contribution in [0.25, 0.3) is 0 Å². The van der Waals surface area contributed by atoms with Gasteiger partial charge < -0.3 is 5.32 Å². The summed E-state index contributed by atoms with van der Waals surface area (Å²) in [6.07, 6.45) is 0. The number of rotatable bonds is 5. The van der Waals surface area contributed by atoms with Crippen molar-refractivity contribution in [2.45, 2.75) is 18.7 Å². The molecule has 0 unspecified atom stereocenters. The Balaban J connectivity index is 1.76. The number of nitrogens with one attached hydrogen (secondary N) is 2. The highest BCUT2D eigenvalue weighted by atomic mass is 35.5. The van der Waals surface area contributed by atoms with Crippen LogP contribution in [0.2, 0.25) is 10.0 Å². The molecule has 0 saturated carbocycles. The highest BCUT2D eigenvalue weighted by molar-refractivity contribution is 7.92. The van der Waals surface area contributed by atoms with Crippen molar-refractivity contribution in [3.05, 3.63) is 87.4 Å². The fourth-order valence-corrected chi connectivity index (χ4v) is 4.37. The van der Waals surface area contributed by atoms with Crippen LogP contribution >= 0.6 is 23.2 Å². The van der Waals surface area contributed by atoms with Crippen molar-refractivity contribution in [2.24, 2.45) is 0 Å². The molecule has 0 fully saturated rings. The van der Waals surface area contributed by atoms with E-state index in [9.17, 15) is 13.2 Å². The number of sulfonamides is 1. The number of aryl methyl sites for hydroxylation is 2. The fraction of sp³-hybridized carbons (Fsp3) is 0.0952. The summed E-state index contributed by atoms with van der Waals surface area (Å²) in [5.74, 6) is -0.421. The van der Waals surface area contributed by atoms with Crippen LogP contribution in [-0.4, -0.2) is 14.3 Å². The second-order valence-corrected chi connectivity index (χ2v) is 9.11. The summed E-state index contributed by atoms with van der Waals surface area (Å²) in [7, 11) is -3.75. The smallest absolute Gasteiger partial charge is 0.261 e. The van der Waals surface area contributed by atoms with Gasteiger partial charge in [-0.2, -0.15) is 0 Å². The Morgan fingerprint density at radius 3 is 2.03 bits per heavy atom. The SMILES string of the molecule is Cc1cc(C)cc(NS(=O)(=O)c2ccc(NC(=O)c3ccc(Cl)cc3Cl)cc2)c1. The molecule has 0 bridgehead atoms. The lowest BCUT2D eigenvalue weighted by Crippen LogP contribution is -2.14. The van der Waals surface area contributed by atoms with Gasteiger partial charge in [-0.15, -0.1) is 0 Å². The van der Waals surface area contributed by atoms with Gasteiger partial charge in [0.05, 0.1) is 15.5 Å². The van der Waals surface area contributed by atoms with Gasteiger partial charge in [0.15, 0.2) is 0 Å². The van der Waals surface area contributed by atoms with Gasteiger partial charge in [0.2, 0.25) is 0 Å². The number of benzene rings is 3. The summed E-state index contributed by atoms with van der Waals surface area (Å²) in [4.78, 5) is 12.4. The summed E-state index contributed by atoms with van der Waals surface area (Å²) in [6, 6.07) is 15.9. The van der Waals surface area contributed by atoms with Gasteiger partial charge in [0, 0.05) is 16.4 Å². The third-order valence-corrected chi connectivity index (χ3v) is 6.02. The summed E-state index contributed by atoms with van der Waals surface area (Å²) < 4.78 is 27.8. The first kappa shape index (κ1) is 21.2. The van der Waals surface area contributed by atoms with E-state index in [2.05, 4.69) is 10.0 Å². The minimum atomic E-state index is -3.75. The van der Waals surface area contributed by atoms with E-state index in [0.717, 1.165) is 11.1 Å². The number of anilines is 2. The van der Waals surface area contributed by atoms with Crippen molar-refractivity contribution in [1.29, 1.82) is 0 Å². The molecule has 0 aliphatic heterocycles. The molecule has 5 nitrogen and oxygen atoms in total. The zero-order valence-corrected chi connectivity index (χ0v) is 18.0. The number of hydrogen-bond acceptors (Lipinski definition) is 3. The first-order chi connectivity index (χ1) is 13.6. The molecule has 0 atom stereocenters. The standard InChI is InChI=1S/C21H18Cl2N2O3S/c1-13-9-14(2)11-17(10-13)25-29(27,28)18-6-4-16(5-7-18)24-21(26)19-8-3-15(22)12-20(19)23/h3-12,25H,1-2H3,(H,24,26). The van der Waals surface area contributed by atoms with E-state index in [0.29, 0.717) is 16.4 Å². The summed E-state index contributed by atoms with van der Waals surface area (Å²) >= 11 is 11.9. The van der Waals surface area contributed by atoms with Crippen LogP contribution in [0.4, 0.5) is 11.4 Å². The second kappa shape index (κ2) is 8.45. The van der Waals surface area contributed by atoms with E-state index in [1.165, 1.54) is 36.4 Å². The van der Waals surface area contributed by atoms with Crippen molar-refractivity contribution in [2.75, 3.05) is 10.0 Å². The Bertz CT molecular complexity index is 1160. The summed E-state index contributed by atoms with van der Waals surface area (Å²) in [5, 5.41) is 3.34. The number of amides is 1. The Labute approximate surface area is 179 Å². The van der Waals surface area contributed by atoms with E-state index in [1.807, 2.05) is 19.9 Å². The highest BCUT2D eigenvalue weighted by Gasteiger charge is 2.16. The van der Waals surface area contributed by atoms with Crippen LogP contribution in [0.5, 0.6) is 0 Å². The van der Waals surface area contributed by atoms with E-state index in [4.69, 9.17) is 23.2 Å². The van der Waals surface area contributed by atoms with Gasteiger partial charge in [-0.3, -0.25) is 9.52 Å². The first-order valence-corrected chi connectivity index (χ1v) is 10.9. The van der Waals surface area contributed by atoms with Crippen LogP contribution in [0.15, 0.2) is 65.6 Å². The predicted octanol–water partition coefficient (Wildman–Crippen LogP) is 5.66. The second-order valence-electron chi connectivity index (χ2n) is 6.58. The number of carbonyl (C=O) groups is 1. The van der Waals surface area contributed by atoms with Gasteiger partial charge in [0.1, 0.15) is 0 Å². The molecule has 0 spiro atoms. The average molecular weight is 449 g/mol. The molecule has 0 saturated heterocycles. The van der Waals surface area contributed by atoms with Crippen LogP contribution in [0, 0.1) is 13.8 Å². The third kappa shape index (κ3) is 5.29. The van der Waals surface area contributed by atoms with Crippen molar-refractivity contribution >= 4 is 50.5 Å². The fourth-order valence-electron chi connectivity index (χ4n) is 2.84. The van der Waals surface area contributed by atoms with Gasteiger partial charge in [-0.05, 0) is 79.6 Å². The van der Waals surface area contributed by atoms with Crippen molar-refractivity contribution < 1.29 is 13.2 Å². The molecule has 0 radical (unpaired) electrons. The van der Waals surface area contributed by atoms with E-state index in [-0.39, 0.29) is 15.5 Å². The van der Waals surface area contributed by atoms with Crippen LogP contribution in [0.3, 0.4) is 0 Å². The minimum Gasteiger partial charge on any atom is -0.322 e. The number of hydrogen-bond donors (Lipinski definition) is 2. The normalized spacial score (nSPS) is 11.2. The molecular formula is C21H18Cl2N2O3S. The average Bonchev–Trinajstić information content (AvgIpc) is 2.60. The lowest BCUT2D eigenvalue weighted by Gasteiger charge is -2.11. The van der Waals surface area contributed by atoms with Crippen molar-refractivity contribution in [3.8, 4) is 0 Å². The topological polar surface area (TPSA) is 75.3 Å². The Morgan fingerprint density at radius 2 is 1.45 bits per heavy atom. The summed E-state index contributed by atoms with van der Waals surface area (Å²) in [5.41, 5.74) is 3.12. The molecule has 0 aromatic heterocycles. The molecule has 2 N–H and O–H groups in total. The predicted molar refractivity (Wildman–Crippen MR) is 118 cm³/mol. The molecule has 8 heteroatoms. The molecule has 0 aliphatic rings. The van der Waals surface area contributed by atoms with Crippen LogP contribution in [0.1, 0.15) is 21.5 Å². The maximum Gasteiger partial charge on any atom is 0.261 e. The molecule has 1 amide bonds. The summed E-state index contributed by atoms with van der Waals surface area (Å²) in [6.45, 7) is 3.80. The van der Waals surface area contributed by atoms with E-state index in [1.54, 1.807) is 18.2 Å². The Morgan fingerprint density at radius 1 is 0.828 bits per heavy atom. The molecule has 150 valence electrons. The van der Waals surface area contributed by atoms with Gasteiger partial charge in [-0.25, -0.2) is 8.42 Å². The number of carbonyl (C=O) groups excluding carboxylic acids is 1. The molecule has 0 aliphatic carbocycles. The maximum atomic E-state index is 12.6. The lowest BCUT2D eigenvalue weighted by molar-refractivity contribution is 0.102. The zero-order valence-electron chi connectivity index (χ0n) is 15.7. The number of halogens is 2. The van der Waals surface area contributed by atoms with Crippen LogP contribution in [-0.2, 0) is 10.0 Å². The van der Waals surface area contributed by atoms with Crippen molar-refractivity contribution in [1.82, 2.24) is 0 Å². The molecule has 29 heavy (non-hydrogen) atoms. The van der Waals surface area contributed by atoms with Gasteiger partial charge in [0.25, 0.3) is 15.9 Å². The minimum absolute atomic E-state index is 0.0826. The highest BCUT2D eigenvalue weighted by Crippen LogP contribution is 2.23. The lowest BCUT2D eigenvalue weighted by atomic mass is 10.1. The molecule has 3 rings (SSSR count). The van der Waals surface area contributed by atoms with Crippen LogP contribution < -0.4 is 10.0 Å². The Kier molecular flexibility index (Phi) is 6.17. The van der Waals surface area contributed by atoms with E-state index >= 15 is 0 Å². The molecule has 3 aromatic rings. The first-order valence-electron chi connectivity index (χ1n) is 8.62. The van der Waals surface area contributed by atoms with Gasteiger partial charge in [-0.1, -0.05) is 29.3 Å². The zero-order chi connectivity index (χ0) is 21.2. The monoisotopic (exact) mass is 448 g/mol. The molecular weight excluding hydrogens is 431 g/mol. The largest absolute Gasteiger partial charge is 0.322 e. The van der Waals surface area contributed by atoms with Gasteiger partial charge >= 0.3 is 0 Å². The maximum absolute atomic E-state index is 12.6. The molecule has 0 heterocycles. The van der Waals surface area contributed by atoms with E-state index < -0.39 is 15.9 Å². The van der Waals surface area contributed by atoms with Crippen molar-refractivity contribution in [3.63, 3.8) is 0 Å². The third-order valence-electron chi connectivity index (χ3n) is 4.07. The molecule has 3 aromatic carbocycles. The quantitative estimate of drug-likeness (QED) is 0.528.